The van der Waals surface area contributed by atoms with Crippen LogP contribution in [0, 0.1) is 0 Å². The minimum atomic E-state index is 0.553. The standard InChI is InChI=1S/C14H12Br2ClNO/c15-10-1-4-12(5-2-10)18-7-8-19-14-6-3-11(16)9-13(14)17/h1-6,9,18H,7-8H2. The fourth-order valence-corrected chi connectivity index (χ4v) is 2.51. The van der Waals surface area contributed by atoms with Crippen LogP contribution in [0.25, 0.3) is 0 Å². The summed E-state index contributed by atoms with van der Waals surface area (Å²) in [7, 11) is 0. The molecule has 0 bridgehead atoms. The number of anilines is 1. The van der Waals surface area contributed by atoms with Crippen LogP contribution in [0.2, 0.25) is 5.02 Å². The van der Waals surface area contributed by atoms with Crippen LogP contribution in [-0.4, -0.2) is 13.2 Å². The van der Waals surface area contributed by atoms with Crippen LogP contribution in [0.4, 0.5) is 5.69 Å². The SMILES string of the molecule is Clc1cc(Br)ccc1OCCNc1ccc(Br)cc1. The van der Waals surface area contributed by atoms with Gasteiger partial charge in [-0.2, -0.15) is 0 Å². The third-order valence-corrected chi connectivity index (χ3v) is 3.74. The van der Waals surface area contributed by atoms with E-state index in [0.717, 1.165) is 14.6 Å². The highest BCUT2D eigenvalue weighted by Crippen LogP contribution is 2.27. The number of halogens is 3. The Morgan fingerprint density at radius 3 is 2.37 bits per heavy atom. The van der Waals surface area contributed by atoms with Crippen LogP contribution in [0.15, 0.2) is 51.4 Å². The van der Waals surface area contributed by atoms with Gasteiger partial charge < -0.3 is 10.1 Å². The summed E-state index contributed by atoms with van der Waals surface area (Å²) in [5.74, 6) is 0.697. The summed E-state index contributed by atoms with van der Waals surface area (Å²) < 4.78 is 7.62. The Balaban J connectivity index is 1.79. The van der Waals surface area contributed by atoms with Crippen molar-refractivity contribution in [1.29, 1.82) is 0 Å². The summed E-state index contributed by atoms with van der Waals surface area (Å²) in [5, 5.41) is 3.88. The lowest BCUT2D eigenvalue weighted by Gasteiger charge is -2.10. The second-order valence-electron chi connectivity index (χ2n) is 3.86. The Labute approximate surface area is 134 Å². The van der Waals surface area contributed by atoms with E-state index < -0.39 is 0 Å². The van der Waals surface area contributed by atoms with Crippen molar-refractivity contribution in [2.24, 2.45) is 0 Å². The zero-order valence-corrected chi connectivity index (χ0v) is 13.9. The lowest BCUT2D eigenvalue weighted by atomic mass is 10.3. The van der Waals surface area contributed by atoms with Crippen molar-refractivity contribution >= 4 is 49.1 Å². The third kappa shape index (κ3) is 4.71. The van der Waals surface area contributed by atoms with Crippen LogP contribution in [0.1, 0.15) is 0 Å². The molecule has 0 saturated heterocycles. The smallest absolute Gasteiger partial charge is 0.138 e. The largest absolute Gasteiger partial charge is 0.490 e. The van der Waals surface area contributed by atoms with Crippen LogP contribution >= 0.6 is 43.5 Å². The molecule has 0 aliphatic heterocycles. The van der Waals surface area contributed by atoms with E-state index in [1.54, 1.807) is 0 Å². The van der Waals surface area contributed by atoms with Gasteiger partial charge in [0.15, 0.2) is 0 Å². The molecule has 2 rings (SSSR count). The molecule has 2 aromatic rings. The molecule has 0 saturated carbocycles. The van der Waals surface area contributed by atoms with Crippen molar-refractivity contribution < 1.29 is 4.74 Å². The van der Waals surface area contributed by atoms with E-state index >= 15 is 0 Å². The van der Waals surface area contributed by atoms with Crippen molar-refractivity contribution in [3.8, 4) is 5.75 Å². The fourth-order valence-electron chi connectivity index (χ4n) is 1.52. The van der Waals surface area contributed by atoms with Gasteiger partial charge >= 0.3 is 0 Å². The normalized spacial score (nSPS) is 10.3. The molecule has 0 aromatic heterocycles. The number of ether oxygens (including phenoxy) is 1. The summed E-state index contributed by atoms with van der Waals surface area (Å²) in [6, 6.07) is 13.6. The Kier molecular flexibility index (Phi) is 5.55. The van der Waals surface area contributed by atoms with Gasteiger partial charge in [0, 0.05) is 21.2 Å². The Morgan fingerprint density at radius 2 is 1.68 bits per heavy atom. The molecule has 0 fully saturated rings. The van der Waals surface area contributed by atoms with Gasteiger partial charge in [0.1, 0.15) is 12.4 Å². The summed E-state index contributed by atoms with van der Waals surface area (Å²) in [6.07, 6.45) is 0. The van der Waals surface area contributed by atoms with E-state index in [1.807, 2.05) is 42.5 Å². The summed E-state index contributed by atoms with van der Waals surface area (Å²) in [5.41, 5.74) is 1.06. The molecule has 2 aromatic carbocycles. The monoisotopic (exact) mass is 403 g/mol. The molecule has 0 unspecified atom stereocenters. The molecule has 0 aliphatic rings. The topological polar surface area (TPSA) is 21.3 Å². The molecule has 0 spiro atoms. The van der Waals surface area contributed by atoms with Crippen LogP contribution in [-0.2, 0) is 0 Å². The molecular formula is C14H12Br2ClNO. The molecule has 2 nitrogen and oxygen atoms in total. The van der Waals surface area contributed by atoms with Gasteiger partial charge in [-0.1, -0.05) is 43.5 Å². The van der Waals surface area contributed by atoms with E-state index in [0.29, 0.717) is 23.9 Å². The molecule has 0 amide bonds. The first kappa shape index (κ1) is 14.7. The Morgan fingerprint density at radius 1 is 1.00 bits per heavy atom. The highest BCUT2D eigenvalue weighted by atomic mass is 79.9. The van der Waals surface area contributed by atoms with Gasteiger partial charge in [0.05, 0.1) is 5.02 Å². The fraction of sp³-hybridized carbons (Fsp3) is 0.143. The maximum absolute atomic E-state index is 6.06. The second kappa shape index (κ2) is 7.17. The van der Waals surface area contributed by atoms with Gasteiger partial charge in [0.25, 0.3) is 0 Å². The Bertz CT molecular complexity index is 546. The van der Waals surface area contributed by atoms with E-state index in [9.17, 15) is 0 Å². The van der Waals surface area contributed by atoms with Crippen molar-refractivity contribution in [1.82, 2.24) is 0 Å². The zero-order valence-electron chi connectivity index (χ0n) is 10.00. The van der Waals surface area contributed by atoms with Gasteiger partial charge in [-0.3, -0.25) is 0 Å². The number of benzene rings is 2. The molecule has 0 radical (unpaired) electrons. The van der Waals surface area contributed by atoms with E-state index in [2.05, 4.69) is 37.2 Å². The average molecular weight is 406 g/mol. The molecule has 0 heterocycles. The maximum Gasteiger partial charge on any atom is 0.138 e. The van der Waals surface area contributed by atoms with Gasteiger partial charge in [0.2, 0.25) is 0 Å². The molecule has 5 heteroatoms. The minimum Gasteiger partial charge on any atom is -0.490 e. The lowest BCUT2D eigenvalue weighted by Crippen LogP contribution is -2.11. The van der Waals surface area contributed by atoms with Gasteiger partial charge in [-0.15, -0.1) is 0 Å². The van der Waals surface area contributed by atoms with Crippen molar-refractivity contribution in [3.05, 3.63) is 56.4 Å². The predicted octanol–water partition coefficient (Wildman–Crippen LogP) is 5.36. The van der Waals surface area contributed by atoms with Crippen molar-refractivity contribution in [2.45, 2.75) is 0 Å². The second-order valence-corrected chi connectivity index (χ2v) is 6.10. The van der Waals surface area contributed by atoms with E-state index in [4.69, 9.17) is 16.3 Å². The summed E-state index contributed by atoms with van der Waals surface area (Å²) >= 11 is 12.8. The molecule has 0 aliphatic carbocycles. The number of nitrogens with one attached hydrogen (secondary N) is 1. The highest BCUT2D eigenvalue weighted by Gasteiger charge is 2.01. The first-order chi connectivity index (χ1) is 9.15. The van der Waals surface area contributed by atoms with Crippen LogP contribution in [0.3, 0.4) is 0 Å². The van der Waals surface area contributed by atoms with Crippen LogP contribution in [0.5, 0.6) is 5.75 Å². The molecule has 19 heavy (non-hydrogen) atoms. The molecule has 100 valence electrons. The van der Waals surface area contributed by atoms with E-state index in [-0.39, 0.29) is 0 Å². The molecular weight excluding hydrogens is 393 g/mol. The number of hydrogen-bond donors (Lipinski definition) is 1. The molecule has 1 N–H and O–H groups in total. The average Bonchev–Trinajstić information content (AvgIpc) is 2.39. The highest BCUT2D eigenvalue weighted by molar-refractivity contribution is 9.10. The Hall–Kier alpha value is -0.710. The lowest BCUT2D eigenvalue weighted by molar-refractivity contribution is 0.333. The maximum atomic E-state index is 6.06. The summed E-state index contributed by atoms with van der Waals surface area (Å²) in [6.45, 7) is 1.27. The quantitative estimate of drug-likeness (QED) is 0.677. The first-order valence-electron chi connectivity index (χ1n) is 5.72. The van der Waals surface area contributed by atoms with Crippen molar-refractivity contribution in [2.75, 3.05) is 18.5 Å². The van der Waals surface area contributed by atoms with Gasteiger partial charge in [-0.25, -0.2) is 0 Å². The predicted molar refractivity (Wildman–Crippen MR) is 87.3 cm³/mol. The molecule has 0 atom stereocenters. The zero-order chi connectivity index (χ0) is 13.7. The van der Waals surface area contributed by atoms with Crippen LogP contribution < -0.4 is 10.1 Å². The first-order valence-corrected chi connectivity index (χ1v) is 7.69. The number of hydrogen-bond acceptors (Lipinski definition) is 2. The minimum absolute atomic E-state index is 0.553. The summed E-state index contributed by atoms with van der Waals surface area (Å²) in [4.78, 5) is 0. The number of rotatable bonds is 5. The van der Waals surface area contributed by atoms with E-state index in [1.165, 1.54) is 0 Å². The van der Waals surface area contributed by atoms with Crippen molar-refractivity contribution in [3.63, 3.8) is 0 Å². The third-order valence-electron chi connectivity index (χ3n) is 2.43. The van der Waals surface area contributed by atoms with Gasteiger partial charge in [-0.05, 0) is 42.5 Å².